The molecule has 0 aromatic heterocycles. The van der Waals surface area contributed by atoms with Crippen LogP contribution in [-0.2, 0) is 4.79 Å². The van der Waals surface area contributed by atoms with Crippen molar-refractivity contribution in [3.8, 4) is 0 Å². The second-order valence-corrected chi connectivity index (χ2v) is 4.98. The predicted molar refractivity (Wildman–Crippen MR) is 73.8 cm³/mol. The monoisotopic (exact) mass is 272 g/mol. The molecule has 0 saturated carbocycles. The number of carbonyl (C=O) groups is 1. The van der Waals surface area contributed by atoms with Crippen LogP contribution in [0.1, 0.15) is 0 Å². The van der Waals surface area contributed by atoms with E-state index in [1.54, 1.807) is 11.8 Å². The molecule has 1 heterocycles. The summed E-state index contributed by atoms with van der Waals surface area (Å²) in [6, 6.07) is 10.00. The molecule has 1 saturated heterocycles. The number of nitrogens with one attached hydrogen (secondary N) is 2. The lowest BCUT2D eigenvalue weighted by Gasteiger charge is -2.27. The van der Waals surface area contributed by atoms with Crippen LogP contribution in [0.2, 0.25) is 0 Å². The fourth-order valence-electron chi connectivity index (χ4n) is 1.47. The summed E-state index contributed by atoms with van der Waals surface area (Å²) < 4.78 is 0. The van der Waals surface area contributed by atoms with Gasteiger partial charge in [-0.1, -0.05) is 18.2 Å². The normalized spacial score (nSPS) is 14.6. The minimum Gasteiger partial charge on any atom is -0.355 e. The standard InChI is InChI=1S/C12H16N2OS.ClH/c15-12(14-8-10-6-13-7-10)9-16-11-4-2-1-3-5-11;/h1-5,10,13H,6-9H2,(H,14,15);1H. The minimum absolute atomic E-state index is 0. The van der Waals surface area contributed by atoms with Crippen molar-refractivity contribution in [3.63, 3.8) is 0 Å². The molecule has 17 heavy (non-hydrogen) atoms. The summed E-state index contributed by atoms with van der Waals surface area (Å²) >= 11 is 1.58. The maximum Gasteiger partial charge on any atom is 0.230 e. The van der Waals surface area contributed by atoms with Crippen molar-refractivity contribution in [2.45, 2.75) is 4.90 Å². The van der Waals surface area contributed by atoms with Gasteiger partial charge in [0, 0.05) is 30.4 Å². The zero-order chi connectivity index (χ0) is 11.2. The van der Waals surface area contributed by atoms with E-state index in [9.17, 15) is 4.79 Å². The van der Waals surface area contributed by atoms with Crippen molar-refractivity contribution in [2.75, 3.05) is 25.4 Å². The van der Waals surface area contributed by atoms with E-state index in [2.05, 4.69) is 10.6 Å². The Bertz CT molecular complexity index is 344. The van der Waals surface area contributed by atoms with Gasteiger partial charge in [-0.15, -0.1) is 24.2 Å². The summed E-state index contributed by atoms with van der Waals surface area (Å²) in [5.41, 5.74) is 0. The van der Waals surface area contributed by atoms with Gasteiger partial charge in [0.05, 0.1) is 5.75 Å². The topological polar surface area (TPSA) is 41.1 Å². The molecule has 3 nitrogen and oxygen atoms in total. The Hall–Kier alpha value is -0.710. The summed E-state index contributed by atoms with van der Waals surface area (Å²) in [5.74, 6) is 1.26. The average Bonchev–Trinajstić information content (AvgIpc) is 2.26. The molecule has 1 amide bonds. The van der Waals surface area contributed by atoms with Gasteiger partial charge in [0.1, 0.15) is 0 Å². The Labute approximate surface area is 112 Å². The van der Waals surface area contributed by atoms with Crippen LogP contribution in [0.5, 0.6) is 0 Å². The minimum atomic E-state index is 0. The molecular weight excluding hydrogens is 256 g/mol. The Kier molecular flexibility index (Phi) is 6.40. The van der Waals surface area contributed by atoms with Crippen molar-refractivity contribution in [3.05, 3.63) is 30.3 Å². The highest BCUT2D eigenvalue weighted by atomic mass is 35.5. The van der Waals surface area contributed by atoms with Gasteiger partial charge in [-0.2, -0.15) is 0 Å². The number of hydrogen-bond donors (Lipinski definition) is 2. The van der Waals surface area contributed by atoms with Gasteiger partial charge in [-0.3, -0.25) is 4.79 Å². The van der Waals surface area contributed by atoms with E-state index in [1.165, 1.54) is 0 Å². The number of hydrogen-bond acceptors (Lipinski definition) is 3. The highest BCUT2D eigenvalue weighted by Gasteiger charge is 2.16. The highest BCUT2D eigenvalue weighted by Crippen LogP contribution is 2.16. The maximum absolute atomic E-state index is 11.5. The summed E-state index contributed by atoms with van der Waals surface area (Å²) in [7, 11) is 0. The molecule has 1 aliphatic rings. The molecule has 1 fully saturated rings. The quantitative estimate of drug-likeness (QED) is 0.799. The van der Waals surface area contributed by atoms with Crippen LogP contribution in [0, 0.1) is 5.92 Å². The Morgan fingerprint density at radius 1 is 1.35 bits per heavy atom. The van der Waals surface area contributed by atoms with Crippen LogP contribution in [-0.4, -0.2) is 31.3 Å². The molecule has 1 aromatic carbocycles. The molecular formula is C12H17ClN2OS. The highest BCUT2D eigenvalue weighted by molar-refractivity contribution is 8.00. The maximum atomic E-state index is 11.5. The first kappa shape index (κ1) is 14.4. The lowest BCUT2D eigenvalue weighted by atomic mass is 10.0. The number of rotatable bonds is 5. The zero-order valence-electron chi connectivity index (χ0n) is 9.52. The summed E-state index contributed by atoms with van der Waals surface area (Å²) in [5, 5.41) is 6.14. The van der Waals surface area contributed by atoms with Crippen molar-refractivity contribution >= 4 is 30.1 Å². The van der Waals surface area contributed by atoms with E-state index < -0.39 is 0 Å². The average molecular weight is 273 g/mol. The molecule has 0 spiro atoms. The molecule has 1 aliphatic heterocycles. The van der Waals surface area contributed by atoms with Crippen molar-refractivity contribution in [2.24, 2.45) is 5.92 Å². The molecule has 0 aliphatic carbocycles. The van der Waals surface area contributed by atoms with Gasteiger partial charge in [0.25, 0.3) is 0 Å². The lowest BCUT2D eigenvalue weighted by molar-refractivity contribution is -0.118. The van der Waals surface area contributed by atoms with Gasteiger partial charge in [0.15, 0.2) is 0 Å². The first-order chi connectivity index (χ1) is 7.84. The van der Waals surface area contributed by atoms with Crippen LogP contribution >= 0.6 is 24.2 Å². The lowest BCUT2D eigenvalue weighted by Crippen LogP contribution is -2.48. The van der Waals surface area contributed by atoms with E-state index in [0.29, 0.717) is 11.7 Å². The van der Waals surface area contributed by atoms with Gasteiger partial charge in [-0.05, 0) is 12.1 Å². The van der Waals surface area contributed by atoms with Gasteiger partial charge < -0.3 is 10.6 Å². The van der Waals surface area contributed by atoms with Crippen LogP contribution < -0.4 is 10.6 Å². The van der Waals surface area contributed by atoms with Crippen molar-refractivity contribution in [1.82, 2.24) is 10.6 Å². The van der Waals surface area contributed by atoms with E-state index in [4.69, 9.17) is 0 Å². The van der Waals surface area contributed by atoms with Crippen LogP contribution in [0.25, 0.3) is 0 Å². The van der Waals surface area contributed by atoms with Gasteiger partial charge in [0.2, 0.25) is 5.91 Å². The molecule has 2 rings (SSSR count). The first-order valence-electron chi connectivity index (χ1n) is 5.50. The molecule has 0 unspecified atom stereocenters. The fourth-order valence-corrected chi connectivity index (χ4v) is 2.22. The van der Waals surface area contributed by atoms with Crippen LogP contribution in [0.3, 0.4) is 0 Å². The van der Waals surface area contributed by atoms with E-state index in [-0.39, 0.29) is 18.3 Å². The Morgan fingerprint density at radius 2 is 2.06 bits per heavy atom. The smallest absolute Gasteiger partial charge is 0.230 e. The third kappa shape index (κ3) is 4.98. The van der Waals surface area contributed by atoms with Crippen molar-refractivity contribution < 1.29 is 4.79 Å². The summed E-state index contributed by atoms with van der Waals surface area (Å²) in [6.07, 6.45) is 0. The number of thioether (sulfide) groups is 1. The zero-order valence-corrected chi connectivity index (χ0v) is 11.2. The largest absolute Gasteiger partial charge is 0.355 e. The SMILES string of the molecule is Cl.O=C(CSc1ccccc1)NCC1CNC1. The third-order valence-corrected chi connectivity index (χ3v) is 3.58. The van der Waals surface area contributed by atoms with Crippen LogP contribution in [0.15, 0.2) is 35.2 Å². The van der Waals surface area contributed by atoms with Gasteiger partial charge >= 0.3 is 0 Å². The molecule has 0 radical (unpaired) electrons. The molecule has 0 bridgehead atoms. The third-order valence-electron chi connectivity index (χ3n) is 2.57. The molecule has 1 aromatic rings. The van der Waals surface area contributed by atoms with E-state index in [0.717, 1.165) is 24.5 Å². The van der Waals surface area contributed by atoms with E-state index in [1.807, 2.05) is 30.3 Å². The first-order valence-corrected chi connectivity index (χ1v) is 6.48. The molecule has 2 N–H and O–H groups in total. The second-order valence-electron chi connectivity index (χ2n) is 3.93. The number of carbonyl (C=O) groups excluding carboxylic acids is 1. The molecule has 5 heteroatoms. The van der Waals surface area contributed by atoms with Gasteiger partial charge in [-0.25, -0.2) is 0 Å². The Morgan fingerprint density at radius 3 is 2.65 bits per heavy atom. The fraction of sp³-hybridized carbons (Fsp3) is 0.417. The number of halogens is 1. The second kappa shape index (κ2) is 7.58. The van der Waals surface area contributed by atoms with Crippen molar-refractivity contribution in [1.29, 1.82) is 0 Å². The van der Waals surface area contributed by atoms with Crippen LogP contribution in [0.4, 0.5) is 0 Å². The molecule has 94 valence electrons. The summed E-state index contributed by atoms with van der Waals surface area (Å²) in [4.78, 5) is 12.7. The summed E-state index contributed by atoms with van der Waals surface area (Å²) in [6.45, 7) is 2.87. The number of amides is 1. The molecule has 0 atom stereocenters. The predicted octanol–water partition coefficient (Wildman–Crippen LogP) is 1.54. The number of benzene rings is 1. The van der Waals surface area contributed by atoms with E-state index >= 15 is 0 Å². The Balaban J connectivity index is 0.00000144.